The van der Waals surface area contributed by atoms with Gasteiger partial charge in [-0.15, -0.1) is 11.3 Å². The Hall–Kier alpha value is -0.0900. The fourth-order valence-electron chi connectivity index (χ4n) is 3.43. The molecule has 3 aliphatic rings. The van der Waals surface area contributed by atoms with Crippen LogP contribution in [-0.2, 0) is 6.54 Å². The Bertz CT molecular complexity index is 453. The molecule has 2 saturated carbocycles. The molecule has 2 heterocycles. The average Bonchev–Trinajstić information content (AvgIpc) is 3.29. The highest BCUT2D eigenvalue weighted by Gasteiger charge is 2.42. The molecular formula is C15H21ClN2S. The van der Waals surface area contributed by atoms with Crippen molar-refractivity contribution in [3.05, 3.63) is 21.3 Å². The van der Waals surface area contributed by atoms with Crippen LogP contribution in [0.5, 0.6) is 0 Å². The lowest BCUT2D eigenvalue weighted by molar-refractivity contribution is 0.101. The molecule has 1 aromatic heterocycles. The van der Waals surface area contributed by atoms with E-state index in [-0.39, 0.29) is 0 Å². The maximum absolute atomic E-state index is 6.07. The van der Waals surface area contributed by atoms with Gasteiger partial charge in [0.05, 0.1) is 4.34 Å². The predicted molar refractivity (Wildman–Crippen MR) is 80.8 cm³/mol. The number of hydrogen-bond donors (Lipinski definition) is 1. The van der Waals surface area contributed by atoms with Crippen molar-refractivity contribution in [3.8, 4) is 0 Å². The summed E-state index contributed by atoms with van der Waals surface area (Å²) in [7, 11) is 0. The summed E-state index contributed by atoms with van der Waals surface area (Å²) >= 11 is 7.81. The fraction of sp³-hybridized carbons (Fsp3) is 0.733. The van der Waals surface area contributed by atoms with Gasteiger partial charge in [-0.1, -0.05) is 11.6 Å². The summed E-state index contributed by atoms with van der Waals surface area (Å²) in [5.41, 5.74) is 0. The number of hydrogen-bond acceptors (Lipinski definition) is 3. The third-order valence-corrected chi connectivity index (χ3v) is 6.05. The van der Waals surface area contributed by atoms with Crippen LogP contribution < -0.4 is 5.32 Å². The Balaban J connectivity index is 1.47. The maximum Gasteiger partial charge on any atom is 0.0931 e. The van der Waals surface area contributed by atoms with Crippen LogP contribution in [0.4, 0.5) is 0 Å². The highest BCUT2D eigenvalue weighted by atomic mass is 35.5. The molecule has 2 unspecified atom stereocenters. The Morgan fingerprint density at radius 1 is 1.21 bits per heavy atom. The van der Waals surface area contributed by atoms with E-state index in [2.05, 4.69) is 16.3 Å². The van der Waals surface area contributed by atoms with E-state index >= 15 is 0 Å². The van der Waals surface area contributed by atoms with Crippen molar-refractivity contribution < 1.29 is 0 Å². The van der Waals surface area contributed by atoms with E-state index in [1.54, 1.807) is 11.3 Å². The highest BCUT2D eigenvalue weighted by molar-refractivity contribution is 7.16. The molecule has 1 aromatic rings. The van der Waals surface area contributed by atoms with E-state index in [1.807, 2.05) is 6.07 Å². The van der Waals surface area contributed by atoms with Gasteiger partial charge in [0, 0.05) is 36.6 Å². The summed E-state index contributed by atoms with van der Waals surface area (Å²) in [4.78, 5) is 4.16. The van der Waals surface area contributed by atoms with Crippen LogP contribution >= 0.6 is 22.9 Å². The number of thiophene rings is 1. The number of halogens is 1. The van der Waals surface area contributed by atoms with Crippen molar-refractivity contribution in [1.29, 1.82) is 0 Å². The van der Waals surface area contributed by atoms with Gasteiger partial charge in [0.25, 0.3) is 0 Å². The van der Waals surface area contributed by atoms with Crippen molar-refractivity contribution >= 4 is 22.9 Å². The van der Waals surface area contributed by atoms with Crippen LogP contribution in [0.15, 0.2) is 12.1 Å². The second kappa shape index (κ2) is 5.03. The molecule has 0 aromatic carbocycles. The van der Waals surface area contributed by atoms with Crippen LogP contribution in [0, 0.1) is 11.8 Å². The van der Waals surface area contributed by atoms with E-state index in [0.717, 1.165) is 34.8 Å². The molecule has 0 radical (unpaired) electrons. The number of nitrogens with one attached hydrogen (secondary N) is 1. The van der Waals surface area contributed by atoms with Crippen LogP contribution in [0.3, 0.4) is 0 Å². The molecule has 1 saturated heterocycles. The van der Waals surface area contributed by atoms with E-state index in [4.69, 9.17) is 11.6 Å². The van der Waals surface area contributed by atoms with Gasteiger partial charge in [-0.05, 0) is 49.7 Å². The van der Waals surface area contributed by atoms with Gasteiger partial charge in [-0.25, -0.2) is 0 Å². The van der Waals surface area contributed by atoms with E-state index < -0.39 is 0 Å². The molecule has 4 heteroatoms. The van der Waals surface area contributed by atoms with E-state index in [9.17, 15) is 0 Å². The summed E-state index contributed by atoms with van der Waals surface area (Å²) < 4.78 is 0.923. The molecule has 19 heavy (non-hydrogen) atoms. The fourth-order valence-corrected chi connectivity index (χ4v) is 4.55. The second-order valence-corrected chi connectivity index (χ2v) is 8.19. The van der Waals surface area contributed by atoms with Crippen LogP contribution in [-0.4, -0.2) is 30.1 Å². The SMILES string of the molecule is Clc1ccc(CN2CC(C3CC3)NCC2C2CC2)s1. The Morgan fingerprint density at radius 3 is 2.63 bits per heavy atom. The molecule has 4 rings (SSSR count). The maximum atomic E-state index is 6.07. The monoisotopic (exact) mass is 296 g/mol. The zero-order valence-corrected chi connectivity index (χ0v) is 12.7. The molecule has 104 valence electrons. The van der Waals surface area contributed by atoms with Crippen molar-refractivity contribution in [2.45, 2.75) is 44.3 Å². The molecule has 1 N–H and O–H groups in total. The van der Waals surface area contributed by atoms with Crippen molar-refractivity contribution in [3.63, 3.8) is 0 Å². The Labute approximate surface area is 124 Å². The first-order valence-corrected chi connectivity index (χ1v) is 8.70. The van der Waals surface area contributed by atoms with Gasteiger partial charge in [0.2, 0.25) is 0 Å². The molecule has 2 aliphatic carbocycles. The summed E-state index contributed by atoms with van der Waals surface area (Å²) in [6, 6.07) is 5.74. The standard InChI is InChI=1S/C15H21ClN2S/c16-15-6-5-12(19-15)8-18-9-13(10-1-2-10)17-7-14(18)11-3-4-11/h5-6,10-11,13-14,17H,1-4,7-9H2. The molecule has 0 spiro atoms. The second-order valence-electron chi connectivity index (χ2n) is 6.39. The summed E-state index contributed by atoms with van der Waals surface area (Å²) in [6.45, 7) is 3.54. The molecule has 3 fully saturated rings. The molecule has 0 bridgehead atoms. The van der Waals surface area contributed by atoms with Crippen molar-refractivity contribution in [2.24, 2.45) is 11.8 Å². The summed E-state index contributed by atoms with van der Waals surface area (Å²) in [5.74, 6) is 1.90. The molecule has 2 atom stereocenters. The average molecular weight is 297 g/mol. The topological polar surface area (TPSA) is 15.3 Å². The van der Waals surface area contributed by atoms with E-state index in [0.29, 0.717) is 0 Å². The van der Waals surface area contributed by atoms with Gasteiger partial charge < -0.3 is 5.32 Å². The quantitative estimate of drug-likeness (QED) is 0.916. The lowest BCUT2D eigenvalue weighted by atomic mass is 10.0. The molecule has 1 aliphatic heterocycles. The number of piperazine rings is 1. The van der Waals surface area contributed by atoms with E-state index in [1.165, 1.54) is 43.6 Å². The molecule has 0 amide bonds. The van der Waals surface area contributed by atoms with Crippen molar-refractivity contribution in [2.75, 3.05) is 13.1 Å². The smallest absolute Gasteiger partial charge is 0.0931 e. The normalized spacial score (nSPS) is 32.7. The minimum Gasteiger partial charge on any atom is -0.311 e. The Kier molecular flexibility index (Phi) is 3.34. The first-order valence-electron chi connectivity index (χ1n) is 7.51. The van der Waals surface area contributed by atoms with Crippen LogP contribution in [0.2, 0.25) is 4.34 Å². The van der Waals surface area contributed by atoms with Gasteiger partial charge >= 0.3 is 0 Å². The van der Waals surface area contributed by atoms with Gasteiger partial charge in [0.1, 0.15) is 0 Å². The zero-order valence-electron chi connectivity index (χ0n) is 11.1. The minimum absolute atomic E-state index is 0.741. The summed E-state index contributed by atoms with van der Waals surface area (Å²) in [6.07, 6.45) is 5.74. The first-order chi connectivity index (χ1) is 9.29. The lowest BCUT2D eigenvalue weighted by Gasteiger charge is -2.41. The van der Waals surface area contributed by atoms with Gasteiger partial charge in [-0.2, -0.15) is 0 Å². The third kappa shape index (κ3) is 2.85. The van der Waals surface area contributed by atoms with Crippen LogP contribution in [0.1, 0.15) is 30.6 Å². The predicted octanol–water partition coefficient (Wildman–Crippen LogP) is 3.36. The largest absolute Gasteiger partial charge is 0.311 e. The number of rotatable bonds is 4. The highest BCUT2D eigenvalue weighted by Crippen LogP contribution is 2.40. The molecular weight excluding hydrogens is 276 g/mol. The van der Waals surface area contributed by atoms with Gasteiger partial charge in [-0.3, -0.25) is 4.90 Å². The zero-order chi connectivity index (χ0) is 12.8. The lowest BCUT2D eigenvalue weighted by Crippen LogP contribution is -2.57. The first kappa shape index (κ1) is 12.6. The van der Waals surface area contributed by atoms with Gasteiger partial charge in [0.15, 0.2) is 0 Å². The van der Waals surface area contributed by atoms with Crippen LogP contribution in [0.25, 0.3) is 0 Å². The van der Waals surface area contributed by atoms with Crippen molar-refractivity contribution in [1.82, 2.24) is 10.2 Å². The minimum atomic E-state index is 0.741. The number of nitrogens with zero attached hydrogens (tertiary/aromatic N) is 1. The summed E-state index contributed by atoms with van der Waals surface area (Å²) in [5, 5.41) is 3.81. The molecule has 2 nitrogen and oxygen atoms in total. The third-order valence-electron chi connectivity index (χ3n) is 4.83. The Morgan fingerprint density at radius 2 is 2.00 bits per heavy atom.